The lowest BCUT2D eigenvalue weighted by Gasteiger charge is -2.13. The van der Waals surface area contributed by atoms with Gasteiger partial charge in [-0.3, -0.25) is 9.59 Å². The molecule has 0 radical (unpaired) electrons. The zero-order chi connectivity index (χ0) is 18.2. The van der Waals surface area contributed by atoms with Crippen molar-refractivity contribution in [3.8, 4) is 23.3 Å². The third-order valence-electron chi connectivity index (χ3n) is 3.92. The molecule has 5 N–H and O–H groups in total. The number of anilines is 1. The SMILES string of the molecule is CN1CCC(O)(C#Cc2cccc(-c3nc(C(N)=O)c(N)o3)c2)C1=O. The molecule has 2 amide bonds. The van der Waals surface area contributed by atoms with E-state index in [0.29, 0.717) is 17.7 Å². The first-order valence-corrected chi connectivity index (χ1v) is 7.48. The van der Waals surface area contributed by atoms with Crippen LogP contribution in [0.3, 0.4) is 0 Å². The highest BCUT2D eigenvalue weighted by molar-refractivity contribution is 5.95. The number of nitrogens with zero attached hydrogens (tertiary/aromatic N) is 2. The Morgan fingerprint density at radius 3 is 2.84 bits per heavy atom. The largest absolute Gasteiger partial charge is 0.420 e. The van der Waals surface area contributed by atoms with Crippen LogP contribution in [0.1, 0.15) is 22.5 Å². The van der Waals surface area contributed by atoms with Crippen molar-refractivity contribution in [3.63, 3.8) is 0 Å². The van der Waals surface area contributed by atoms with Crippen molar-refractivity contribution in [2.45, 2.75) is 12.0 Å². The minimum absolute atomic E-state index is 0.130. The number of hydrogen-bond donors (Lipinski definition) is 3. The van der Waals surface area contributed by atoms with E-state index in [9.17, 15) is 14.7 Å². The third-order valence-corrected chi connectivity index (χ3v) is 3.92. The Bertz CT molecular complexity index is 924. The van der Waals surface area contributed by atoms with E-state index >= 15 is 0 Å². The maximum absolute atomic E-state index is 11.9. The van der Waals surface area contributed by atoms with Gasteiger partial charge >= 0.3 is 0 Å². The molecule has 128 valence electrons. The molecule has 2 heterocycles. The van der Waals surface area contributed by atoms with Crippen LogP contribution in [0, 0.1) is 11.8 Å². The summed E-state index contributed by atoms with van der Waals surface area (Å²) >= 11 is 0. The number of nitrogen functional groups attached to an aromatic ring is 1. The van der Waals surface area contributed by atoms with Crippen molar-refractivity contribution in [1.82, 2.24) is 9.88 Å². The number of carbonyl (C=O) groups is 2. The van der Waals surface area contributed by atoms with Crippen LogP contribution in [-0.2, 0) is 4.79 Å². The number of oxazole rings is 1. The monoisotopic (exact) mass is 340 g/mol. The topological polar surface area (TPSA) is 136 Å². The van der Waals surface area contributed by atoms with Crippen molar-refractivity contribution in [2.24, 2.45) is 5.73 Å². The van der Waals surface area contributed by atoms with Crippen LogP contribution < -0.4 is 11.5 Å². The summed E-state index contributed by atoms with van der Waals surface area (Å²) in [7, 11) is 1.62. The second-order valence-corrected chi connectivity index (χ2v) is 5.76. The third kappa shape index (κ3) is 3.05. The smallest absolute Gasteiger partial charge is 0.273 e. The fourth-order valence-corrected chi connectivity index (χ4v) is 2.51. The molecule has 1 aliphatic heterocycles. The first-order valence-electron chi connectivity index (χ1n) is 7.48. The van der Waals surface area contributed by atoms with Gasteiger partial charge in [-0.1, -0.05) is 17.9 Å². The number of benzene rings is 1. The van der Waals surface area contributed by atoms with E-state index in [0.717, 1.165) is 0 Å². The molecular formula is C17H16N4O4. The summed E-state index contributed by atoms with van der Waals surface area (Å²) < 4.78 is 5.25. The molecule has 3 rings (SSSR count). The lowest BCUT2D eigenvalue weighted by molar-refractivity contribution is -0.137. The summed E-state index contributed by atoms with van der Waals surface area (Å²) in [6.45, 7) is 0.454. The molecule has 1 aliphatic rings. The molecule has 8 nitrogen and oxygen atoms in total. The maximum atomic E-state index is 11.9. The van der Waals surface area contributed by atoms with Gasteiger partial charge in [-0.2, -0.15) is 0 Å². The summed E-state index contributed by atoms with van der Waals surface area (Å²) in [6, 6.07) is 6.76. The molecule has 1 unspecified atom stereocenters. The normalized spacial score (nSPS) is 19.6. The van der Waals surface area contributed by atoms with Crippen LogP contribution >= 0.6 is 0 Å². The Morgan fingerprint density at radius 1 is 1.48 bits per heavy atom. The Kier molecular flexibility index (Phi) is 3.94. The van der Waals surface area contributed by atoms with Gasteiger partial charge in [0.25, 0.3) is 11.8 Å². The lowest BCUT2D eigenvalue weighted by Crippen LogP contribution is -2.37. The maximum Gasteiger partial charge on any atom is 0.273 e. The lowest BCUT2D eigenvalue weighted by atomic mass is 10.0. The Morgan fingerprint density at radius 2 is 2.24 bits per heavy atom. The van der Waals surface area contributed by atoms with Gasteiger partial charge in [0, 0.05) is 31.1 Å². The van der Waals surface area contributed by atoms with Gasteiger partial charge in [-0.25, -0.2) is 4.98 Å². The van der Waals surface area contributed by atoms with Gasteiger partial charge in [0.05, 0.1) is 0 Å². The molecule has 1 aromatic carbocycles. The minimum Gasteiger partial charge on any atom is -0.420 e. The highest BCUT2D eigenvalue weighted by Gasteiger charge is 2.42. The van der Waals surface area contributed by atoms with Crippen LogP contribution in [-0.4, -0.2) is 46.0 Å². The Balaban J connectivity index is 1.91. The first-order chi connectivity index (χ1) is 11.8. The van der Waals surface area contributed by atoms with E-state index in [1.54, 1.807) is 31.3 Å². The van der Waals surface area contributed by atoms with Crippen LogP contribution in [0.5, 0.6) is 0 Å². The number of aliphatic hydroxyl groups is 1. The van der Waals surface area contributed by atoms with Crippen molar-refractivity contribution >= 4 is 17.7 Å². The fourth-order valence-electron chi connectivity index (χ4n) is 2.51. The summed E-state index contributed by atoms with van der Waals surface area (Å²) in [6.07, 6.45) is 0.257. The number of hydrogen-bond acceptors (Lipinski definition) is 6. The van der Waals surface area contributed by atoms with Crippen LogP contribution in [0.4, 0.5) is 5.88 Å². The molecule has 0 bridgehead atoms. The molecule has 2 aromatic rings. The standard InChI is InChI=1S/C17H16N4O4/c1-21-8-7-17(24,16(21)23)6-5-10-3-2-4-11(9-10)15-20-12(13(18)22)14(19)25-15/h2-4,9,24H,7-8,19H2,1H3,(H2,18,22). The van der Waals surface area contributed by atoms with Crippen LogP contribution in [0.2, 0.25) is 0 Å². The number of likely N-dealkylation sites (tertiary alicyclic amines) is 1. The van der Waals surface area contributed by atoms with Gasteiger partial charge in [-0.15, -0.1) is 0 Å². The van der Waals surface area contributed by atoms with Gasteiger partial charge in [0.2, 0.25) is 17.4 Å². The van der Waals surface area contributed by atoms with Gasteiger partial charge in [0.15, 0.2) is 5.69 Å². The van der Waals surface area contributed by atoms with Crippen molar-refractivity contribution in [2.75, 3.05) is 19.3 Å². The number of aromatic nitrogens is 1. The van der Waals surface area contributed by atoms with Crippen molar-refractivity contribution in [3.05, 3.63) is 35.5 Å². The zero-order valence-corrected chi connectivity index (χ0v) is 13.4. The van der Waals surface area contributed by atoms with E-state index in [-0.39, 0.29) is 23.9 Å². The van der Waals surface area contributed by atoms with Gasteiger partial charge < -0.3 is 25.9 Å². The zero-order valence-electron chi connectivity index (χ0n) is 13.4. The summed E-state index contributed by atoms with van der Waals surface area (Å²) in [5, 5.41) is 10.3. The molecule has 1 aromatic heterocycles. The predicted octanol–water partition coefficient (Wildman–Crippen LogP) is -0.0326. The highest BCUT2D eigenvalue weighted by atomic mass is 16.4. The van der Waals surface area contributed by atoms with E-state index in [2.05, 4.69) is 16.8 Å². The minimum atomic E-state index is -1.67. The molecule has 25 heavy (non-hydrogen) atoms. The van der Waals surface area contributed by atoms with Crippen molar-refractivity contribution in [1.29, 1.82) is 0 Å². The van der Waals surface area contributed by atoms with Crippen molar-refractivity contribution < 1.29 is 19.1 Å². The Labute approximate surface area is 143 Å². The molecule has 8 heteroatoms. The summed E-state index contributed by atoms with van der Waals surface area (Å²) in [5.41, 5.74) is 10.0. The number of amides is 2. The molecule has 1 saturated heterocycles. The number of primary amides is 1. The predicted molar refractivity (Wildman–Crippen MR) is 89.0 cm³/mol. The summed E-state index contributed by atoms with van der Waals surface area (Å²) in [4.78, 5) is 28.5. The van der Waals surface area contributed by atoms with Gasteiger partial charge in [0.1, 0.15) is 0 Å². The van der Waals surface area contributed by atoms with E-state index in [1.807, 2.05) is 0 Å². The molecule has 0 aliphatic carbocycles. The first kappa shape index (κ1) is 16.5. The number of nitrogens with two attached hydrogens (primary N) is 2. The number of rotatable bonds is 2. The van der Waals surface area contributed by atoms with E-state index < -0.39 is 17.4 Å². The summed E-state index contributed by atoms with van der Waals surface area (Å²) in [5.74, 6) is 4.20. The number of likely N-dealkylation sites (N-methyl/N-ethyl adjacent to an activating group) is 1. The molecular weight excluding hydrogens is 324 g/mol. The molecule has 1 atom stereocenters. The van der Waals surface area contributed by atoms with E-state index in [4.69, 9.17) is 15.9 Å². The van der Waals surface area contributed by atoms with Crippen LogP contribution in [0.25, 0.3) is 11.5 Å². The second kappa shape index (κ2) is 5.96. The quantitative estimate of drug-likeness (QED) is 0.657. The Hall–Kier alpha value is -3.31. The average Bonchev–Trinajstić information content (AvgIpc) is 3.10. The molecule has 0 spiro atoms. The second-order valence-electron chi connectivity index (χ2n) is 5.76. The van der Waals surface area contributed by atoms with Gasteiger partial charge in [-0.05, 0) is 18.2 Å². The highest BCUT2D eigenvalue weighted by Crippen LogP contribution is 2.25. The van der Waals surface area contributed by atoms with E-state index in [1.165, 1.54) is 4.90 Å². The molecule has 1 fully saturated rings. The van der Waals surface area contributed by atoms with Crippen LogP contribution in [0.15, 0.2) is 28.7 Å². The molecule has 0 saturated carbocycles. The fraction of sp³-hybridized carbons (Fsp3) is 0.235. The number of carbonyl (C=O) groups excluding carboxylic acids is 2. The average molecular weight is 340 g/mol.